The molecule has 88 valence electrons. The molecule has 1 saturated heterocycles. The smallest absolute Gasteiger partial charge is 0.407 e. The van der Waals surface area contributed by atoms with Crippen LogP contribution >= 0.6 is 11.8 Å². The van der Waals surface area contributed by atoms with E-state index in [1.807, 2.05) is 32.5 Å². The van der Waals surface area contributed by atoms with E-state index in [0.29, 0.717) is 12.6 Å². The van der Waals surface area contributed by atoms with E-state index in [4.69, 9.17) is 4.74 Å². The average molecular weight is 232 g/mol. The molecule has 0 aromatic heterocycles. The number of carbonyl (C=O) groups excluding carboxylic acids is 1. The topological polar surface area (TPSA) is 50.4 Å². The van der Waals surface area contributed by atoms with E-state index in [9.17, 15) is 4.79 Å². The second-order valence-corrected chi connectivity index (χ2v) is 5.76. The minimum absolute atomic E-state index is 0.333. The van der Waals surface area contributed by atoms with Crippen molar-refractivity contribution in [3.8, 4) is 0 Å². The van der Waals surface area contributed by atoms with Crippen LogP contribution in [0.2, 0.25) is 0 Å². The van der Waals surface area contributed by atoms with Crippen LogP contribution in [0.5, 0.6) is 0 Å². The molecule has 1 atom stereocenters. The molecule has 1 rings (SSSR count). The SMILES string of the molecule is CC(C)(C)OC(=O)NC[C@H]1CSCCN1. The Hall–Kier alpha value is -0.420. The molecule has 0 saturated carbocycles. The first-order chi connectivity index (χ1) is 6.97. The quantitative estimate of drug-likeness (QED) is 0.751. The Kier molecular flexibility index (Phi) is 4.73. The highest BCUT2D eigenvalue weighted by molar-refractivity contribution is 7.99. The number of ether oxygens (including phenoxy) is 1. The molecule has 1 heterocycles. The summed E-state index contributed by atoms with van der Waals surface area (Å²) in [7, 11) is 0. The van der Waals surface area contributed by atoms with E-state index >= 15 is 0 Å². The van der Waals surface area contributed by atoms with Crippen molar-refractivity contribution < 1.29 is 9.53 Å². The van der Waals surface area contributed by atoms with Gasteiger partial charge in [-0.05, 0) is 20.8 Å². The Balaban J connectivity index is 2.15. The van der Waals surface area contributed by atoms with Gasteiger partial charge < -0.3 is 15.4 Å². The summed E-state index contributed by atoms with van der Waals surface area (Å²) in [5.41, 5.74) is -0.418. The number of hydrogen-bond donors (Lipinski definition) is 2. The maximum absolute atomic E-state index is 11.3. The van der Waals surface area contributed by atoms with Gasteiger partial charge in [0.05, 0.1) is 0 Å². The minimum atomic E-state index is -0.418. The molecular formula is C10H20N2O2S. The van der Waals surface area contributed by atoms with Gasteiger partial charge in [0.1, 0.15) is 5.60 Å². The van der Waals surface area contributed by atoms with Crippen molar-refractivity contribution in [3.05, 3.63) is 0 Å². The number of rotatable bonds is 2. The first-order valence-electron chi connectivity index (χ1n) is 5.25. The summed E-state index contributed by atoms with van der Waals surface area (Å²) in [4.78, 5) is 11.3. The average Bonchev–Trinajstić information content (AvgIpc) is 2.14. The fraction of sp³-hybridized carbons (Fsp3) is 0.900. The lowest BCUT2D eigenvalue weighted by Crippen LogP contribution is -2.46. The zero-order valence-electron chi connectivity index (χ0n) is 9.63. The number of hydrogen-bond acceptors (Lipinski definition) is 4. The lowest BCUT2D eigenvalue weighted by atomic mass is 10.2. The van der Waals surface area contributed by atoms with E-state index in [1.54, 1.807) is 0 Å². The van der Waals surface area contributed by atoms with Crippen LogP contribution < -0.4 is 10.6 Å². The van der Waals surface area contributed by atoms with Gasteiger partial charge in [-0.15, -0.1) is 0 Å². The molecule has 1 fully saturated rings. The van der Waals surface area contributed by atoms with Gasteiger partial charge in [-0.25, -0.2) is 4.79 Å². The maximum atomic E-state index is 11.3. The molecule has 1 aliphatic rings. The molecule has 15 heavy (non-hydrogen) atoms. The van der Waals surface area contributed by atoms with Gasteiger partial charge in [-0.2, -0.15) is 11.8 Å². The molecule has 1 amide bonds. The van der Waals surface area contributed by atoms with Crippen LogP contribution in [0.3, 0.4) is 0 Å². The number of nitrogens with one attached hydrogen (secondary N) is 2. The van der Waals surface area contributed by atoms with Gasteiger partial charge in [0.2, 0.25) is 0 Å². The first kappa shape index (κ1) is 12.6. The number of amides is 1. The van der Waals surface area contributed by atoms with Crippen molar-refractivity contribution in [1.29, 1.82) is 0 Å². The summed E-state index contributed by atoms with van der Waals surface area (Å²) in [6.45, 7) is 7.25. The zero-order valence-corrected chi connectivity index (χ0v) is 10.4. The van der Waals surface area contributed by atoms with Gasteiger partial charge in [-0.1, -0.05) is 0 Å². The van der Waals surface area contributed by atoms with E-state index in [2.05, 4.69) is 10.6 Å². The molecule has 5 heteroatoms. The molecule has 0 spiro atoms. The predicted octanol–water partition coefficient (Wildman–Crippen LogP) is 1.22. The lowest BCUT2D eigenvalue weighted by Gasteiger charge is -2.24. The highest BCUT2D eigenvalue weighted by Gasteiger charge is 2.18. The second kappa shape index (κ2) is 5.61. The summed E-state index contributed by atoms with van der Waals surface area (Å²) < 4.78 is 5.14. The molecule has 4 nitrogen and oxygen atoms in total. The lowest BCUT2D eigenvalue weighted by molar-refractivity contribution is 0.0523. The van der Waals surface area contributed by atoms with Gasteiger partial charge in [-0.3, -0.25) is 0 Å². The van der Waals surface area contributed by atoms with Crippen LogP contribution in [0.4, 0.5) is 4.79 Å². The van der Waals surface area contributed by atoms with Crippen molar-refractivity contribution in [2.24, 2.45) is 0 Å². The highest BCUT2D eigenvalue weighted by atomic mass is 32.2. The molecular weight excluding hydrogens is 212 g/mol. The van der Waals surface area contributed by atoms with Crippen molar-refractivity contribution >= 4 is 17.9 Å². The van der Waals surface area contributed by atoms with Crippen LogP contribution in [-0.4, -0.2) is 42.3 Å². The van der Waals surface area contributed by atoms with Crippen molar-refractivity contribution in [2.45, 2.75) is 32.4 Å². The molecule has 0 radical (unpaired) electrons. The third-order valence-electron chi connectivity index (χ3n) is 1.89. The summed E-state index contributed by atoms with van der Waals surface area (Å²) >= 11 is 1.91. The molecule has 0 unspecified atom stereocenters. The van der Waals surface area contributed by atoms with Crippen LogP contribution in [-0.2, 0) is 4.74 Å². The van der Waals surface area contributed by atoms with Gasteiger partial charge in [0.15, 0.2) is 0 Å². The normalized spacial score (nSPS) is 22.2. The highest BCUT2D eigenvalue weighted by Crippen LogP contribution is 2.08. The Labute approximate surface area is 95.5 Å². The third-order valence-corrected chi connectivity index (χ3v) is 3.02. The number of alkyl carbamates (subject to hydrolysis) is 1. The zero-order chi connectivity index (χ0) is 11.3. The molecule has 0 aromatic carbocycles. The van der Waals surface area contributed by atoms with Crippen LogP contribution in [0, 0.1) is 0 Å². The van der Waals surface area contributed by atoms with E-state index < -0.39 is 5.60 Å². The largest absolute Gasteiger partial charge is 0.444 e. The van der Waals surface area contributed by atoms with Crippen molar-refractivity contribution in [3.63, 3.8) is 0 Å². The summed E-state index contributed by atoms with van der Waals surface area (Å²) in [5.74, 6) is 2.21. The number of thioether (sulfide) groups is 1. The van der Waals surface area contributed by atoms with Crippen LogP contribution in [0.25, 0.3) is 0 Å². The molecule has 0 bridgehead atoms. The Morgan fingerprint density at radius 1 is 1.60 bits per heavy atom. The van der Waals surface area contributed by atoms with Crippen LogP contribution in [0.15, 0.2) is 0 Å². The monoisotopic (exact) mass is 232 g/mol. The summed E-state index contributed by atoms with van der Waals surface area (Å²) in [6, 6.07) is 0.372. The van der Waals surface area contributed by atoms with E-state index in [0.717, 1.165) is 18.1 Å². The summed E-state index contributed by atoms with van der Waals surface area (Å²) in [6.07, 6.45) is -0.333. The molecule has 1 aliphatic heterocycles. The van der Waals surface area contributed by atoms with Gasteiger partial charge in [0.25, 0.3) is 0 Å². The van der Waals surface area contributed by atoms with Crippen LogP contribution in [0.1, 0.15) is 20.8 Å². The maximum Gasteiger partial charge on any atom is 0.407 e. The number of carbonyl (C=O) groups is 1. The first-order valence-corrected chi connectivity index (χ1v) is 6.41. The van der Waals surface area contributed by atoms with E-state index in [-0.39, 0.29) is 6.09 Å². The fourth-order valence-corrected chi connectivity index (χ4v) is 2.22. The summed E-state index contributed by atoms with van der Waals surface area (Å²) in [5, 5.41) is 6.12. The molecule has 2 N–H and O–H groups in total. The van der Waals surface area contributed by atoms with E-state index in [1.165, 1.54) is 0 Å². The fourth-order valence-electron chi connectivity index (χ4n) is 1.27. The standard InChI is InChI=1S/C10H20N2O2S/c1-10(2,3)14-9(13)12-6-8-7-15-5-4-11-8/h8,11H,4-7H2,1-3H3,(H,12,13)/t8-/m0/s1. The Morgan fingerprint density at radius 2 is 2.33 bits per heavy atom. The van der Waals surface area contributed by atoms with Crippen molar-refractivity contribution in [2.75, 3.05) is 24.6 Å². The third kappa shape index (κ3) is 5.89. The molecule has 0 aromatic rings. The predicted molar refractivity (Wildman–Crippen MR) is 63.4 cm³/mol. The Morgan fingerprint density at radius 3 is 2.87 bits per heavy atom. The Bertz CT molecular complexity index is 210. The van der Waals surface area contributed by atoms with Crippen molar-refractivity contribution in [1.82, 2.24) is 10.6 Å². The van der Waals surface area contributed by atoms with Gasteiger partial charge >= 0.3 is 6.09 Å². The minimum Gasteiger partial charge on any atom is -0.444 e. The molecule has 0 aliphatic carbocycles. The second-order valence-electron chi connectivity index (χ2n) is 4.61. The van der Waals surface area contributed by atoms with Gasteiger partial charge in [0, 0.05) is 30.6 Å².